The standard InChI is InChI=1S/C14H27N3O/c1-11-5-3-7-14(15,9-11)13(18)16-10-12-6-4-8-17(12)2/h11-12H,3-10,15H2,1-2H3,(H,16,18). The van der Waals surface area contributed by atoms with E-state index in [0.717, 1.165) is 32.4 Å². The van der Waals surface area contributed by atoms with Crippen LogP contribution in [0.5, 0.6) is 0 Å². The lowest BCUT2D eigenvalue weighted by Gasteiger charge is -2.35. The second-order valence-corrected chi connectivity index (χ2v) is 6.34. The van der Waals surface area contributed by atoms with Crippen LogP contribution in [0.15, 0.2) is 0 Å². The molecule has 2 fully saturated rings. The molecule has 0 aromatic heterocycles. The average Bonchev–Trinajstić information content (AvgIpc) is 2.71. The highest BCUT2D eigenvalue weighted by Gasteiger charge is 2.38. The maximum absolute atomic E-state index is 12.3. The number of rotatable bonds is 3. The van der Waals surface area contributed by atoms with Crippen molar-refractivity contribution in [2.45, 2.75) is 57.0 Å². The Hall–Kier alpha value is -0.610. The van der Waals surface area contributed by atoms with Gasteiger partial charge in [-0.3, -0.25) is 4.79 Å². The van der Waals surface area contributed by atoms with Gasteiger partial charge in [-0.1, -0.05) is 19.8 Å². The molecule has 2 aliphatic rings. The molecule has 1 heterocycles. The molecular weight excluding hydrogens is 226 g/mol. The summed E-state index contributed by atoms with van der Waals surface area (Å²) in [6.07, 6.45) is 6.38. The Bertz CT molecular complexity index is 307. The van der Waals surface area contributed by atoms with Crippen molar-refractivity contribution in [3.8, 4) is 0 Å². The van der Waals surface area contributed by atoms with Crippen LogP contribution in [0.3, 0.4) is 0 Å². The lowest BCUT2D eigenvalue weighted by molar-refractivity contribution is -0.128. The molecule has 2 rings (SSSR count). The van der Waals surface area contributed by atoms with Crippen molar-refractivity contribution < 1.29 is 4.79 Å². The molecule has 4 nitrogen and oxygen atoms in total. The van der Waals surface area contributed by atoms with Gasteiger partial charge in [0.2, 0.25) is 5.91 Å². The third kappa shape index (κ3) is 3.04. The van der Waals surface area contributed by atoms with Crippen LogP contribution in [0.4, 0.5) is 0 Å². The lowest BCUT2D eigenvalue weighted by atomic mass is 9.76. The molecule has 1 amide bonds. The molecule has 1 saturated heterocycles. The number of likely N-dealkylation sites (tertiary alicyclic amines) is 1. The first kappa shape index (κ1) is 13.8. The van der Waals surface area contributed by atoms with E-state index in [1.54, 1.807) is 0 Å². The molecule has 18 heavy (non-hydrogen) atoms. The molecule has 3 unspecified atom stereocenters. The van der Waals surface area contributed by atoms with Crippen molar-refractivity contribution in [1.29, 1.82) is 0 Å². The number of hydrogen-bond donors (Lipinski definition) is 2. The zero-order chi connectivity index (χ0) is 13.2. The van der Waals surface area contributed by atoms with Crippen LogP contribution in [-0.2, 0) is 4.79 Å². The SMILES string of the molecule is CC1CCCC(N)(C(=O)NCC2CCCN2C)C1. The van der Waals surface area contributed by atoms with Gasteiger partial charge in [0.1, 0.15) is 0 Å². The summed E-state index contributed by atoms with van der Waals surface area (Å²) in [6, 6.07) is 0.499. The zero-order valence-corrected chi connectivity index (χ0v) is 11.7. The van der Waals surface area contributed by atoms with Gasteiger partial charge in [0.25, 0.3) is 0 Å². The van der Waals surface area contributed by atoms with Gasteiger partial charge >= 0.3 is 0 Å². The molecular formula is C14H27N3O. The summed E-state index contributed by atoms with van der Waals surface area (Å²) in [5.74, 6) is 0.637. The lowest BCUT2D eigenvalue weighted by Crippen LogP contribution is -2.57. The van der Waals surface area contributed by atoms with E-state index in [0.29, 0.717) is 12.0 Å². The van der Waals surface area contributed by atoms with E-state index < -0.39 is 5.54 Å². The molecule has 1 saturated carbocycles. The molecule has 3 atom stereocenters. The van der Waals surface area contributed by atoms with E-state index in [9.17, 15) is 4.79 Å². The van der Waals surface area contributed by atoms with E-state index in [1.807, 2.05) is 0 Å². The first-order valence-corrected chi connectivity index (χ1v) is 7.29. The van der Waals surface area contributed by atoms with Gasteiger partial charge < -0.3 is 16.0 Å². The second kappa shape index (κ2) is 5.57. The Labute approximate surface area is 110 Å². The molecule has 0 aromatic rings. The van der Waals surface area contributed by atoms with Gasteiger partial charge in [-0.15, -0.1) is 0 Å². The van der Waals surface area contributed by atoms with E-state index >= 15 is 0 Å². The molecule has 0 bridgehead atoms. The van der Waals surface area contributed by atoms with Gasteiger partial charge in [0, 0.05) is 12.6 Å². The Kier molecular flexibility index (Phi) is 4.28. The predicted octanol–water partition coefficient (Wildman–Crippen LogP) is 1.10. The number of likely N-dealkylation sites (N-methyl/N-ethyl adjacent to an activating group) is 1. The Morgan fingerprint density at radius 3 is 2.83 bits per heavy atom. The summed E-state index contributed by atoms with van der Waals surface area (Å²) < 4.78 is 0. The largest absolute Gasteiger partial charge is 0.353 e. The van der Waals surface area contributed by atoms with Gasteiger partial charge in [0.05, 0.1) is 5.54 Å². The molecule has 1 aliphatic carbocycles. The second-order valence-electron chi connectivity index (χ2n) is 6.34. The van der Waals surface area contributed by atoms with Crippen LogP contribution < -0.4 is 11.1 Å². The van der Waals surface area contributed by atoms with Crippen molar-refractivity contribution >= 4 is 5.91 Å². The van der Waals surface area contributed by atoms with Crippen LogP contribution >= 0.6 is 0 Å². The molecule has 104 valence electrons. The maximum atomic E-state index is 12.3. The minimum atomic E-state index is -0.616. The van der Waals surface area contributed by atoms with E-state index in [2.05, 4.69) is 24.2 Å². The molecule has 0 aromatic carbocycles. The number of carbonyl (C=O) groups is 1. The Morgan fingerprint density at radius 2 is 2.22 bits per heavy atom. The van der Waals surface area contributed by atoms with Gasteiger partial charge in [-0.05, 0) is 45.2 Å². The monoisotopic (exact) mass is 253 g/mol. The molecule has 3 N–H and O–H groups in total. The third-order valence-corrected chi connectivity index (χ3v) is 4.65. The van der Waals surface area contributed by atoms with Gasteiger partial charge in [0.15, 0.2) is 0 Å². The number of hydrogen-bond acceptors (Lipinski definition) is 3. The molecule has 4 heteroatoms. The molecule has 0 spiro atoms. The van der Waals surface area contributed by atoms with E-state index in [4.69, 9.17) is 5.73 Å². The molecule has 0 radical (unpaired) electrons. The smallest absolute Gasteiger partial charge is 0.240 e. The molecule has 1 aliphatic heterocycles. The van der Waals surface area contributed by atoms with Crippen molar-refractivity contribution in [3.05, 3.63) is 0 Å². The summed E-state index contributed by atoms with van der Waals surface area (Å²) >= 11 is 0. The number of amides is 1. The summed E-state index contributed by atoms with van der Waals surface area (Å²) in [5, 5.41) is 3.08. The third-order valence-electron chi connectivity index (χ3n) is 4.65. The Balaban J connectivity index is 1.83. The average molecular weight is 253 g/mol. The van der Waals surface area contributed by atoms with Crippen LogP contribution in [0.2, 0.25) is 0 Å². The minimum Gasteiger partial charge on any atom is -0.353 e. The van der Waals surface area contributed by atoms with E-state index in [-0.39, 0.29) is 5.91 Å². The van der Waals surface area contributed by atoms with E-state index in [1.165, 1.54) is 19.3 Å². The van der Waals surface area contributed by atoms with Crippen LogP contribution in [0.1, 0.15) is 45.4 Å². The highest BCUT2D eigenvalue weighted by atomic mass is 16.2. The fourth-order valence-electron chi connectivity index (χ4n) is 3.42. The minimum absolute atomic E-state index is 0.0642. The predicted molar refractivity (Wildman–Crippen MR) is 73.2 cm³/mol. The van der Waals surface area contributed by atoms with Crippen LogP contribution in [0.25, 0.3) is 0 Å². The highest BCUT2D eigenvalue weighted by molar-refractivity contribution is 5.86. The number of nitrogens with one attached hydrogen (secondary N) is 1. The quantitative estimate of drug-likeness (QED) is 0.792. The number of carbonyl (C=O) groups excluding carboxylic acids is 1. The van der Waals surface area contributed by atoms with Gasteiger partial charge in [-0.2, -0.15) is 0 Å². The number of nitrogens with zero attached hydrogens (tertiary/aromatic N) is 1. The Morgan fingerprint density at radius 1 is 1.44 bits per heavy atom. The van der Waals surface area contributed by atoms with Crippen molar-refractivity contribution in [1.82, 2.24) is 10.2 Å². The topological polar surface area (TPSA) is 58.4 Å². The van der Waals surface area contributed by atoms with Gasteiger partial charge in [-0.25, -0.2) is 0 Å². The first-order chi connectivity index (χ1) is 8.51. The first-order valence-electron chi connectivity index (χ1n) is 7.29. The fourth-order valence-corrected chi connectivity index (χ4v) is 3.42. The normalized spacial score (nSPS) is 37.7. The van der Waals surface area contributed by atoms with Crippen LogP contribution in [-0.4, -0.2) is 42.5 Å². The van der Waals surface area contributed by atoms with Crippen molar-refractivity contribution in [2.24, 2.45) is 11.7 Å². The summed E-state index contributed by atoms with van der Waals surface area (Å²) in [5.41, 5.74) is 5.67. The van der Waals surface area contributed by atoms with Crippen molar-refractivity contribution in [3.63, 3.8) is 0 Å². The highest BCUT2D eigenvalue weighted by Crippen LogP contribution is 2.30. The zero-order valence-electron chi connectivity index (χ0n) is 11.7. The number of nitrogens with two attached hydrogens (primary N) is 1. The summed E-state index contributed by atoms with van der Waals surface area (Å²) in [6.45, 7) is 4.09. The summed E-state index contributed by atoms with van der Waals surface area (Å²) in [4.78, 5) is 14.6. The maximum Gasteiger partial charge on any atom is 0.240 e. The fraction of sp³-hybridized carbons (Fsp3) is 0.929. The summed E-state index contributed by atoms with van der Waals surface area (Å²) in [7, 11) is 2.13. The van der Waals surface area contributed by atoms with Crippen LogP contribution in [0, 0.1) is 5.92 Å². The van der Waals surface area contributed by atoms with Crippen molar-refractivity contribution in [2.75, 3.05) is 20.1 Å².